The Balaban J connectivity index is 1.96. The highest BCUT2D eigenvalue weighted by Crippen LogP contribution is 2.18. The van der Waals surface area contributed by atoms with E-state index in [1.54, 1.807) is 0 Å². The maximum atomic E-state index is 11.2. The summed E-state index contributed by atoms with van der Waals surface area (Å²) in [5.41, 5.74) is 0. The first-order valence-electron chi connectivity index (χ1n) is 4.89. The van der Waals surface area contributed by atoms with Gasteiger partial charge in [0.15, 0.2) is 0 Å². The van der Waals surface area contributed by atoms with Crippen LogP contribution < -0.4 is 10.6 Å². The Kier molecular flexibility index (Phi) is 4.79. The minimum Gasteiger partial charge on any atom is -0.356 e. The van der Waals surface area contributed by atoms with E-state index in [1.807, 2.05) is 0 Å². The Morgan fingerprint density at radius 3 is 2.50 bits per heavy atom. The molecule has 0 saturated heterocycles. The van der Waals surface area contributed by atoms with E-state index < -0.39 is 0 Å². The number of carbonyl (C=O) groups excluding carboxylic acids is 2. The van der Waals surface area contributed by atoms with Gasteiger partial charge in [0.2, 0.25) is 11.8 Å². The summed E-state index contributed by atoms with van der Waals surface area (Å²) >= 11 is 3.94. The Morgan fingerprint density at radius 1 is 1.21 bits per heavy atom. The van der Waals surface area contributed by atoms with E-state index in [0.29, 0.717) is 31.2 Å². The fourth-order valence-electron chi connectivity index (χ4n) is 1.03. The summed E-state index contributed by atoms with van der Waals surface area (Å²) in [4.78, 5) is 22.1. The molecule has 1 aliphatic carbocycles. The van der Waals surface area contributed by atoms with Crippen molar-refractivity contribution >= 4 is 24.4 Å². The Bertz CT molecular complexity index is 217. The highest BCUT2D eigenvalue weighted by molar-refractivity contribution is 7.80. The quantitative estimate of drug-likeness (QED) is 0.551. The zero-order chi connectivity index (χ0) is 10.4. The van der Waals surface area contributed by atoms with Crippen LogP contribution in [0.1, 0.15) is 25.7 Å². The van der Waals surface area contributed by atoms with Gasteiger partial charge in [-0.1, -0.05) is 0 Å². The fourth-order valence-corrected chi connectivity index (χ4v) is 1.24. The maximum absolute atomic E-state index is 11.2. The largest absolute Gasteiger partial charge is 0.356 e. The number of nitrogens with one attached hydrogen (secondary N) is 2. The molecule has 2 N–H and O–H groups in total. The molecule has 14 heavy (non-hydrogen) atoms. The molecule has 0 atom stereocenters. The number of rotatable bonds is 6. The SMILES string of the molecule is O=C(CCS)NCCC(=O)NC1CC1. The Morgan fingerprint density at radius 2 is 1.93 bits per heavy atom. The van der Waals surface area contributed by atoms with Crippen LogP contribution in [0.25, 0.3) is 0 Å². The molecule has 0 unspecified atom stereocenters. The lowest BCUT2D eigenvalue weighted by atomic mass is 10.3. The van der Waals surface area contributed by atoms with Crippen molar-refractivity contribution in [2.45, 2.75) is 31.7 Å². The van der Waals surface area contributed by atoms with Crippen LogP contribution >= 0.6 is 12.6 Å². The van der Waals surface area contributed by atoms with Crippen molar-refractivity contribution in [2.75, 3.05) is 12.3 Å². The lowest BCUT2D eigenvalue weighted by molar-refractivity contribution is -0.122. The lowest BCUT2D eigenvalue weighted by Gasteiger charge is -2.04. The van der Waals surface area contributed by atoms with Crippen LogP contribution in [0.3, 0.4) is 0 Å². The number of hydrogen-bond acceptors (Lipinski definition) is 3. The third kappa shape index (κ3) is 5.11. The van der Waals surface area contributed by atoms with Crippen molar-refractivity contribution in [3.63, 3.8) is 0 Å². The normalized spacial score (nSPS) is 14.9. The number of thiol groups is 1. The molecular formula is C9H16N2O2S. The van der Waals surface area contributed by atoms with Gasteiger partial charge in [0.25, 0.3) is 0 Å². The van der Waals surface area contributed by atoms with Gasteiger partial charge in [-0.05, 0) is 18.6 Å². The molecule has 0 radical (unpaired) electrons. The second kappa shape index (κ2) is 5.90. The van der Waals surface area contributed by atoms with Gasteiger partial charge in [-0.25, -0.2) is 0 Å². The highest BCUT2D eigenvalue weighted by Gasteiger charge is 2.22. The molecule has 0 aromatic carbocycles. The van der Waals surface area contributed by atoms with E-state index in [2.05, 4.69) is 23.3 Å². The molecule has 0 heterocycles. The molecule has 1 aliphatic rings. The second-order valence-electron chi connectivity index (χ2n) is 3.42. The molecule has 0 aromatic heterocycles. The predicted molar refractivity (Wildman–Crippen MR) is 57.3 cm³/mol. The van der Waals surface area contributed by atoms with Gasteiger partial charge in [0.1, 0.15) is 0 Å². The zero-order valence-electron chi connectivity index (χ0n) is 8.08. The maximum Gasteiger partial charge on any atom is 0.221 e. The van der Waals surface area contributed by atoms with Gasteiger partial charge < -0.3 is 10.6 Å². The number of amides is 2. The van der Waals surface area contributed by atoms with Crippen LogP contribution in [0.5, 0.6) is 0 Å². The van der Waals surface area contributed by atoms with Crippen molar-refractivity contribution < 1.29 is 9.59 Å². The third-order valence-electron chi connectivity index (χ3n) is 1.96. The van der Waals surface area contributed by atoms with Gasteiger partial charge in [0, 0.05) is 25.4 Å². The Labute approximate surface area is 89.2 Å². The molecule has 2 amide bonds. The van der Waals surface area contributed by atoms with Crippen molar-refractivity contribution in [3.8, 4) is 0 Å². The summed E-state index contributed by atoms with van der Waals surface area (Å²) < 4.78 is 0. The average molecular weight is 216 g/mol. The van der Waals surface area contributed by atoms with Gasteiger partial charge in [-0.15, -0.1) is 0 Å². The highest BCUT2D eigenvalue weighted by atomic mass is 32.1. The summed E-state index contributed by atoms with van der Waals surface area (Å²) in [5.74, 6) is 0.526. The lowest BCUT2D eigenvalue weighted by Crippen LogP contribution is -2.31. The first kappa shape index (κ1) is 11.4. The van der Waals surface area contributed by atoms with E-state index in [1.165, 1.54) is 0 Å². The average Bonchev–Trinajstić information content (AvgIpc) is 2.88. The van der Waals surface area contributed by atoms with Crippen LogP contribution in [0, 0.1) is 0 Å². The number of carbonyl (C=O) groups is 2. The molecule has 0 bridgehead atoms. The molecule has 0 spiro atoms. The van der Waals surface area contributed by atoms with E-state index >= 15 is 0 Å². The number of hydrogen-bond donors (Lipinski definition) is 3. The topological polar surface area (TPSA) is 58.2 Å². The first-order chi connectivity index (χ1) is 6.72. The standard InChI is InChI=1S/C9H16N2O2S/c12-8(4-6-14)10-5-3-9(13)11-7-1-2-7/h7,14H,1-6H2,(H,10,12)(H,11,13). The van der Waals surface area contributed by atoms with E-state index in [9.17, 15) is 9.59 Å². The second-order valence-corrected chi connectivity index (χ2v) is 3.86. The van der Waals surface area contributed by atoms with Gasteiger partial charge in [-0.2, -0.15) is 12.6 Å². The van der Waals surface area contributed by atoms with E-state index in [-0.39, 0.29) is 11.8 Å². The first-order valence-corrected chi connectivity index (χ1v) is 5.52. The summed E-state index contributed by atoms with van der Waals surface area (Å²) in [6.07, 6.45) is 2.97. The molecule has 1 rings (SSSR count). The van der Waals surface area contributed by atoms with Gasteiger partial charge in [0.05, 0.1) is 0 Å². The minimum atomic E-state index is -0.0424. The monoisotopic (exact) mass is 216 g/mol. The van der Waals surface area contributed by atoms with E-state index in [0.717, 1.165) is 12.8 Å². The molecule has 1 fully saturated rings. The van der Waals surface area contributed by atoms with Crippen LogP contribution in [0.4, 0.5) is 0 Å². The molecular weight excluding hydrogens is 200 g/mol. The van der Waals surface area contributed by atoms with Crippen LogP contribution in [0.15, 0.2) is 0 Å². The smallest absolute Gasteiger partial charge is 0.221 e. The molecule has 0 aromatic rings. The van der Waals surface area contributed by atoms with Crippen LogP contribution in [0.2, 0.25) is 0 Å². The summed E-state index contributed by atoms with van der Waals surface area (Å²) in [6, 6.07) is 0.399. The summed E-state index contributed by atoms with van der Waals surface area (Å²) in [5, 5.41) is 5.51. The van der Waals surface area contributed by atoms with Crippen molar-refractivity contribution in [3.05, 3.63) is 0 Å². The van der Waals surface area contributed by atoms with Crippen LogP contribution in [-0.4, -0.2) is 30.2 Å². The fraction of sp³-hybridized carbons (Fsp3) is 0.778. The van der Waals surface area contributed by atoms with Gasteiger partial charge in [-0.3, -0.25) is 9.59 Å². The molecule has 4 nitrogen and oxygen atoms in total. The Hall–Kier alpha value is -0.710. The molecule has 1 saturated carbocycles. The molecule has 80 valence electrons. The van der Waals surface area contributed by atoms with Crippen molar-refractivity contribution in [1.29, 1.82) is 0 Å². The van der Waals surface area contributed by atoms with Crippen LogP contribution in [-0.2, 0) is 9.59 Å². The van der Waals surface area contributed by atoms with Gasteiger partial charge >= 0.3 is 0 Å². The molecule has 0 aliphatic heterocycles. The predicted octanol–water partition coefficient (Wildman–Crippen LogP) is 0.0912. The third-order valence-corrected chi connectivity index (χ3v) is 2.18. The minimum absolute atomic E-state index is 0.0265. The van der Waals surface area contributed by atoms with E-state index in [4.69, 9.17) is 0 Å². The summed E-state index contributed by atoms with van der Waals surface area (Å²) in [6.45, 7) is 0.422. The zero-order valence-corrected chi connectivity index (χ0v) is 8.98. The van der Waals surface area contributed by atoms with Crippen molar-refractivity contribution in [2.24, 2.45) is 0 Å². The van der Waals surface area contributed by atoms with Crippen molar-refractivity contribution in [1.82, 2.24) is 10.6 Å². The summed E-state index contributed by atoms with van der Waals surface area (Å²) in [7, 11) is 0. The molecule has 5 heteroatoms.